The van der Waals surface area contributed by atoms with Crippen LogP contribution < -0.4 is 5.32 Å². The molecular formula is C40H31N5S. The Labute approximate surface area is 272 Å². The summed E-state index contributed by atoms with van der Waals surface area (Å²) in [7, 11) is 0. The molecule has 0 bridgehead atoms. The Bertz CT molecular complexity index is 2240. The van der Waals surface area contributed by atoms with Crippen molar-refractivity contribution in [3.63, 3.8) is 0 Å². The van der Waals surface area contributed by atoms with Crippen molar-refractivity contribution in [1.29, 1.82) is 10.7 Å². The van der Waals surface area contributed by atoms with E-state index in [2.05, 4.69) is 107 Å². The van der Waals surface area contributed by atoms with Gasteiger partial charge in [-0.3, -0.25) is 5.41 Å². The van der Waals surface area contributed by atoms with Gasteiger partial charge in [0.1, 0.15) is 0 Å². The molecule has 46 heavy (non-hydrogen) atoms. The van der Waals surface area contributed by atoms with Gasteiger partial charge in [0.15, 0.2) is 5.84 Å². The third-order valence-electron chi connectivity index (χ3n) is 8.31. The van der Waals surface area contributed by atoms with E-state index in [-0.39, 0.29) is 5.84 Å². The molecule has 1 aliphatic rings. The Balaban J connectivity index is 1.25. The summed E-state index contributed by atoms with van der Waals surface area (Å²) >= 11 is 1.82. The van der Waals surface area contributed by atoms with Crippen molar-refractivity contribution in [2.75, 3.05) is 5.32 Å². The molecule has 1 aromatic heterocycles. The summed E-state index contributed by atoms with van der Waals surface area (Å²) in [5, 5.41) is 33.1. The smallest absolute Gasteiger partial charge is 0.173 e. The van der Waals surface area contributed by atoms with Crippen LogP contribution in [0, 0.1) is 16.7 Å². The van der Waals surface area contributed by atoms with Crippen molar-refractivity contribution in [2.24, 2.45) is 10.2 Å². The number of hydrogen-bond donors (Lipinski definition) is 2. The predicted molar refractivity (Wildman–Crippen MR) is 192 cm³/mol. The fourth-order valence-corrected chi connectivity index (χ4v) is 7.28. The largest absolute Gasteiger partial charge is 0.376 e. The maximum Gasteiger partial charge on any atom is 0.173 e. The molecule has 6 heteroatoms. The summed E-state index contributed by atoms with van der Waals surface area (Å²) in [6, 6.07) is 41.6. The van der Waals surface area contributed by atoms with E-state index in [1.807, 2.05) is 65.9 Å². The van der Waals surface area contributed by atoms with Crippen molar-refractivity contribution in [1.82, 2.24) is 0 Å². The van der Waals surface area contributed by atoms with Gasteiger partial charge in [0, 0.05) is 37.0 Å². The van der Waals surface area contributed by atoms with E-state index in [4.69, 9.17) is 5.41 Å². The van der Waals surface area contributed by atoms with Crippen molar-refractivity contribution in [3.8, 4) is 28.3 Å². The highest BCUT2D eigenvalue weighted by Crippen LogP contribution is 2.42. The second-order valence-corrected chi connectivity index (χ2v) is 12.8. The standard InChI is InChI=1S/C40H31N5S/c1-40(21-9-14-31(24-40)39(42)45-43-26-27-10-3-2-4-11-27)44-36-20-19-30(23-35(36)29-13-7-12-28(22-29)25-41)32-16-8-17-34-33-15-5-6-18-37(33)46-38(32)34/h2-20,22-24,42,44H,21,26H2,1H3. The van der Waals surface area contributed by atoms with Gasteiger partial charge in [-0.1, -0.05) is 97.1 Å². The predicted octanol–water partition coefficient (Wildman–Crippen LogP) is 10.9. The lowest BCUT2D eigenvalue weighted by atomic mass is 9.88. The Hall–Kier alpha value is -5.64. The molecule has 6 aromatic rings. The van der Waals surface area contributed by atoms with E-state index in [0.29, 0.717) is 12.1 Å². The molecule has 0 fully saturated rings. The minimum atomic E-state index is -0.472. The van der Waals surface area contributed by atoms with Crippen LogP contribution in [0.3, 0.4) is 0 Å². The van der Waals surface area contributed by atoms with Gasteiger partial charge in [0.25, 0.3) is 0 Å². The highest BCUT2D eigenvalue weighted by Gasteiger charge is 2.26. The van der Waals surface area contributed by atoms with Crippen molar-refractivity contribution >= 4 is 43.0 Å². The zero-order valence-corrected chi connectivity index (χ0v) is 26.2. The number of nitrogens with zero attached hydrogens (tertiary/aromatic N) is 3. The van der Waals surface area contributed by atoms with E-state index < -0.39 is 5.54 Å². The monoisotopic (exact) mass is 613 g/mol. The Morgan fingerprint density at radius 2 is 1.65 bits per heavy atom. The quantitative estimate of drug-likeness (QED) is 0.107. The lowest BCUT2D eigenvalue weighted by Crippen LogP contribution is -2.34. The van der Waals surface area contributed by atoms with Crippen LogP contribution in [0.4, 0.5) is 5.69 Å². The number of hydrogen-bond acceptors (Lipinski definition) is 5. The molecule has 222 valence electrons. The van der Waals surface area contributed by atoms with Crippen LogP contribution in [-0.2, 0) is 6.54 Å². The number of benzene rings is 5. The third kappa shape index (κ3) is 5.89. The maximum atomic E-state index is 9.69. The van der Waals surface area contributed by atoms with Crippen LogP contribution in [0.5, 0.6) is 0 Å². The van der Waals surface area contributed by atoms with Crippen molar-refractivity contribution < 1.29 is 0 Å². The second kappa shape index (κ2) is 12.4. The molecule has 1 heterocycles. The lowest BCUT2D eigenvalue weighted by molar-refractivity contribution is 0.638. The molecule has 1 atom stereocenters. The van der Waals surface area contributed by atoms with Crippen LogP contribution in [0.1, 0.15) is 24.5 Å². The van der Waals surface area contributed by atoms with E-state index in [0.717, 1.165) is 39.9 Å². The first-order valence-electron chi connectivity index (χ1n) is 15.2. The zero-order chi connectivity index (χ0) is 31.5. The van der Waals surface area contributed by atoms with Gasteiger partial charge in [-0.2, -0.15) is 10.4 Å². The first-order chi connectivity index (χ1) is 22.5. The fraction of sp³-hybridized carbons (Fsp3) is 0.100. The molecule has 0 amide bonds. The van der Waals surface area contributed by atoms with Crippen LogP contribution in [0.2, 0.25) is 0 Å². The summed E-state index contributed by atoms with van der Waals surface area (Å²) in [6.45, 7) is 2.56. The van der Waals surface area contributed by atoms with Gasteiger partial charge >= 0.3 is 0 Å². The Morgan fingerprint density at radius 3 is 2.52 bits per heavy atom. The first-order valence-corrected chi connectivity index (χ1v) is 16.0. The molecule has 0 spiro atoms. The summed E-state index contributed by atoms with van der Waals surface area (Å²) < 4.78 is 2.54. The molecule has 2 N–H and O–H groups in total. The fourth-order valence-electron chi connectivity index (χ4n) is 6.04. The molecule has 0 saturated carbocycles. The van der Waals surface area contributed by atoms with Crippen LogP contribution in [-0.4, -0.2) is 11.4 Å². The van der Waals surface area contributed by atoms with Gasteiger partial charge in [-0.05, 0) is 72.0 Å². The number of anilines is 1. The van der Waals surface area contributed by atoms with E-state index in [1.54, 1.807) is 0 Å². The number of fused-ring (bicyclic) bond motifs is 3. The van der Waals surface area contributed by atoms with E-state index >= 15 is 0 Å². The van der Waals surface area contributed by atoms with E-state index in [1.165, 1.54) is 25.7 Å². The molecule has 1 unspecified atom stereocenters. The topological polar surface area (TPSA) is 84.4 Å². The van der Waals surface area contributed by atoms with Crippen molar-refractivity contribution in [2.45, 2.75) is 25.4 Å². The normalized spacial score (nSPS) is 16.0. The minimum absolute atomic E-state index is 0.133. The summed E-state index contributed by atoms with van der Waals surface area (Å²) in [6.07, 6.45) is 6.83. The molecular weight excluding hydrogens is 583 g/mol. The average Bonchev–Trinajstić information content (AvgIpc) is 3.48. The highest BCUT2D eigenvalue weighted by molar-refractivity contribution is 7.26. The van der Waals surface area contributed by atoms with Gasteiger partial charge in [0.05, 0.1) is 23.7 Å². The third-order valence-corrected chi connectivity index (χ3v) is 9.53. The summed E-state index contributed by atoms with van der Waals surface area (Å²) in [5.74, 6) is 0.133. The number of azo groups is 1. The van der Waals surface area contributed by atoms with E-state index in [9.17, 15) is 5.26 Å². The SMILES string of the molecule is CC1(Nc2ccc(-c3cccc4c3sc3ccccc34)cc2-c2cccc(C#N)c2)C=C(C(=N)N=NCc2ccccc2)C=CC1. The van der Waals surface area contributed by atoms with Gasteiger partial charge in [-0.25, -0.2) is 0 Å². The molecule has 1 aliphatic carbocycles. The number of amidine groups is 1. The first kappa shape index (κ1) is 29.1. The van der Waals surface area contributed by atoms with Crippen LogP contribution in [0.15, 0.2) is 149 Å². The molecule has 5 aromatic carbocycles. The molecule has 5 nitrogen and oxygen atoms in total. The molecule has 7 rings (SSSR count). The van der Waals surface area contributed by atoms with Gasteiger partial charge in [0.2, 0.25) is 0 Å². The number of thiophene rings is 1. The highest BCUT2D eigenvalue weighted by atomic mass is 32.1. The van der Waals surface area contributed by atoms with Crippen LogP contribution >= 0.6 is 11.3 Å². The second-order valence-electron chi connectivity index (χ2n) is 11.7. The summed E-state index contributed by atoms with van der Waals surface area (Å²) in [4.78, 5) is 0. The average molecular weight is 614 g/mol. The van der Waals surface area contributed by atoms with Gasteiger partial charge < -0.3 is 5.32 Å². The number of rotatable bonds is 7. The van der Waals surface area contributed by atoms with Gasteiger partial charge in [-0.15, -0.1) is 16.5 Å². The van der Waals surface area contributed by atoms with Crippen molar-refractivity contribution in [3.05, 3.63) is 150 Å². The Kier molecular flexibility index (Phi) is 7.84. The Morgan fingerprint density at radius 1 is 0.870 bits per heavy atom. The molecule has 0 radical (unpaired) electrons. The zero-order valence-electron chi connectivity index (χ0n) is 25.4. The lowest BCUT2D eigenvalue weighted by Gasteiger charge is -2.32. The molecule has 0 aliphatic heterocycles. The minimum Gasteiger partial charge on any atom is -0.376 e. The number of nitrogens with one attached hydrogen (secondary N) is 2. The number of nitriles is 1. The maximum absolute atomic E-state index is 9.69. The molecule has 0 saturated heterocycles. The van der Waals surface area contributed by atoms with Crippen LogP contribution in [0.25, 0.3) is 42.4 Å². The summed E-state index contributed by atoms with van der Waals surface area (Å²) in [5.41, 5.74) is 7.15.